The third-order valence-corrected chi connectivity index (χ3v) is 6.03. The van der Waals surface area contributed by atoms with Crippen LogP contribution >= 0.6 is 7.82 Å². The zero-order valence-electron chi connectivity index (χ0n) is 19.3. The van der Waals surface area contributed by atoms with Crippen molar-refractivity contribution in [2.75, 3.05) is 18.5 Å². The van der Waals surface area contributed by atoms with Gasteiger partial charge in [-0.1, -0.05) is 19.4 Å². The number of phosphoric ester groups is 1. The molecule has 3 aromatic rings. The maximum atomic E-state index is 11.4. The van der Waals surface area contributed by atoms with Gasteiger partial charge in [0.2, 0.25) is 0 Å². The van der Waals surface area contributed by atoms with Crippen molar-refractivity contribution < 1.29 is 43.7 Å². The van der Waals surface area contributed by atoms with Crippen molar-refractivity contribution in [3.8, 4) is 11.5 Å². The Labute approximate surface area is 205 Å². The summed E-state index contributed by atoms with van der Waals surface area (Å²) in [6.45, 7) is 2.11. The maximum Gasteiger partial charge on any atom is 0.524 e. The molecule has 196 valence electrons. The zero-order chi connectivity index (χ0) is 25.9. The Kier molecular flexibility index (Phi) is 8.05. The standard InChI is InChI=1S/C21H28N5O9P/c1-2-3-6-33-13-5-4-12(7-14(13)35-36(30,31)32)8-22-19-16-20(24-10-23-19)26(11-25-16)21-18(29)17(28)15(9-27)34-21/h4-5,7,10-11,15,17-18,21,27-29H,2-3,6,8-9H2,1H3,(H,22,23,24)(H2,30,31,32)/t15-,17-,18-,21-/m1/s1. The molecular weight excluding hydrogens is 497 g/mol. The van der Waals surface area contributed by atoms with E-state index in [2.05, 4.69) is 20.3 Å². The first-order valence-electron chi connectivity index (χ1n) is 11.3. The first-order chi connectivity index (χ1) is 17.2. The lowest BCUT2D eigenvalue weighted by Crippen LogP contribution is -2.33. The smallest absolute Gasteiger partial charge is 0.490 e. The van der Waals surface area contributed by atoms with Gasteiger partial charge in [0.1, 0.15) is 24.6 Å². The van der Waals surface area contributed by atoms with Crippen LogP contribution in [-0.2, 0) is 15.8 Å². The molecule has 0 saturated carbocycles. The number of hydrogen-bond acceptors (Lipinski definition) is 11. The number of ether oxygens (including phenoxy) is 2. The molecule has 0 radical (unpaired) electrons. The van der Waals surface area contributed by atoms with Gasteiger partial charge in [-0.05, 0) is 24.1 Å². The van der Waals surface area contributed by atoms with E-state index in [-0.39, 0.29) is 18.0 Å². The summed E-state index contributed by atoms with van der Waals surface area (Å²) in [5.74, 6) is 0.489. The molecule has 4 atom stereocenters. The highest BCUT2D eigenvalue weighted by Gasteiger charge is 2.44. The molecule has 0 spiro atoms. The summed E-state index contributed by atoms with van der Waals surface area (Å²) in [6.07, 6.45) is -0.160. The number of rotatable bonds is 11. The Morgan fingerprint density at radius 2 is 1.97 bits per heavy atom. The average molecular weight is 525 g/mol. The molecular formula is C21H28N5O9P. The lowest BCUT2D eigenvalue weighted by Gasteiger charge is -2.16. The monoisotopic (exact) mass is 525 g/mol. The number of imidazole rings is 1. The topological polar surface area (TPSA) is 202 Å². The second-order valence-corrected chi connectivity index (χ2v) is 9.36. The number of nitrogens with zero attached hydrogens (tertiary/aromatic N) is 4. The van der Waals surface area contributed by atoms with Gasteiger partial charge in [0.05, 0.1) is 19.5 Å². The Hall–Kier alpha value is -2.84. The van der Waals surface area contributed by atoms with Crippen molar-refractivity contribution in [2.24, 2.45) is 0 Å². The first-order valence-corrected chi connectivity index (χ1v) is 12.8. The largest absolute Gasteiger partial charge is 0.524 e. The van der Waals surface area contributed by atoms with Crippen molar-refractivity contribution in [1.82, 2.24) is 19.5 Å². The number of aliphatic hydroxyl groups excluding tert-OH is 3. The number of anilines is 1. The van der Waals surface area contributed by atoms with Gasteiger partial charge in [-0.3, -0.25) is 14.4 Å². The number of nitrogens with one attached hydrogen (secondary N) is 1. The fourth-order valence-corrected chi connectivity index (χ4v) is 4.17. The predicted octanol–water partition coefficient (Wildman–Crippen LogP) is 0.700. The van der Waals surface area contributed by atoms with Gasteiger partial charge in [0, 0.05) is 6.54 Å². The molecule has 3 heterocycles. The van der Waals surface area contributed by atoms with E-state index >= 15 is 0 Å². The number of phosphoric acid groups is 1. The fourth-order valence-electron chi connectivity index (χ4n) is 3.77. The van der Waals surface area contributed by atoms with Crippen molar-refractivity contribution in [1.29, 1.82) is 0 Å². The summed E-state index contributed by atoms with van der Waals surface area (Å²) < 4.78 is 28.8. The number of aromatic nitrogens is 4. The molecule has 1 fully saturated rings. The minimum absolute atomic E-state index is 0.0831. The first kappa shape index (κ1) is 26.2. The van der Waals surface area contributed by atoms with Crippen molar-refractivity contribution in [3.05, 3.63) is 36.4 Å². The molecule has 0 unspecified atom stereocenters. The van der Waals surface area contributed by atoms with Gasteiger partial charge in [0.25, 0.3) is 0 Å². The molecule has 0 bridgehead atoms. The molecule has 2 aromatic heterocycles. The third-order valence-electron chi connectivity index (χ3n) is 5.59. The van der Waals surface area contributed by atoms with E-state index in [0.717, 1.165) is 12.8 Å². The van der Waals surface area contributed by atoms with E-state index in [0.29, 0.717) is 29.2 Å². The molecule has 36 heavy (non-hydrogen) atoms. The van der Waals surface area contributed by atoms with E-state index in [1.165, 1.54) is 23.3 Å². The predicted molar refractivity (Wildman–Crippen MR) is 125 cm³/mol. The van der Waals surface area contributed by atoms with Crippen LogP contribution in [-0.4, -0.2) is 76.2 Å². The van der Waals surface area contributed by atoms with Gasteiger partial charge in [-0.2, -0.15) is 0 Å². The minimum atomic E-state index is -4.81. The lowest BCUT2D eigenvalue weighted by molar-refractivity contribution is -0.0511. The highest BCUT2D eigenvalue weighted by atomic mass is 31.2. The molecule has 4 rings (SSSR count). The zero-order valence-corrected chi connectivity index (χ0v) is 20.2. The molecule has 0 aliphatic carbocycles. The van der Waals surface area contributed by atoms with Crippen LogP contribution in [0.2, 0.25) is 0 Å². The second kappa shape index (κ2) is 11.0. The molecule has 1 aromatic carbocycles. The molecule has 14 nitrogen and oxygen atoms in total. The SMILES string of the molecule is CCCCOc1ccc(CNc2ncnc3c2ncn3[C@@H]2O[C@H](CO)[C@@H](O)[C@H]2O)cc1OP(=O)(O)O. The minimum Gasteiger partial charge on any atom is -0.490 e. The normalized spacial score (nSPS) is 22.2. The fraction of sp³-hybridized carbons (Fsp3) is 0.476. The van der Waals surface area contributed by atoms with Crippen LogP contribution in [0.1, 0.15) is 31.6 Å². The van der Waals surface area contributed by atoms with Gasteiger partial charge in [0.15, 0.2) is 34.7 Å². The summed E-state index contributed by atoms with van der Waals surface area (Å²) in [4.78, 5) is 31.3. The van der Waals surface area contributed by atoms with E-state index < -0.39 is 39.0 Å². The molecule has 1 saturated heterocycles. The lowest BCUT2D eigenvalue weighted by atomic mass is 10.1. The van der Waals surface area contributed by atoms with Crippen LogP contribution in [0, 0.1) is 0 Å². The summed E-state index contributed by atoms with van der Waals surface area (Å²) >= 11 is 0. The summed E-state index contributed by atoms with van der Waals surface area (Å²) in [7, 11) is -4.81. The Morgan fingerprint density at radius 1 is 1.17 bits per heavy atom. The van der Waals surface area contributed by atoms with E-state index in [1.54, 1.807) is 12.1 Å². The highest BCUT2D eigenvalue weighted by molar-refractivity contribution is 7.46. The van der Waals surface area contributed by atoms with E-state index in [1.807, 2.05) is 6.92 Å². The number of fused-ring (bicyclic) bond motifs is 1. The average Bonchev–Trinajstić information content (AvgIpc) is 3.39. The third kappa shape index (κ3) is 5.76. The van der Waals surface area contributed by atoms with Crippen molar-refractivity contribution >= 4 is 24.8 Å². The van der Waals surface area contributed by atoms with Gasteiger partial charge in [-0.15, -0.1) is 0 Å². The van der Waals surface area contributed by atoms with Gasteiger partial charge in [-0.25, -0.2) is 19.5 Å². The van der Waals surface area contributed by atoms with Crippen LogP contribution in [0.15, 0.2) is 30.9 Å². The summed E-state index contributed by atoms with van der Waals surface area (Å²) in [5, 5.41) is 32.8. The molecule has 1 aliphatic rings. The van der Waals surface area contributed by atoms with Crippen molar-refractivity contribution in [2.45, 2.75) is 50.8 Å². The van der Waals surface area contributed by atoms with Crippen LogP contribution in [0.3, 0.4) is 0 Å². The molecule has 0 amide bonds. The Morgan fingerprint density at radius 3 is 2.67 bits per heavy atom. The quantitative estimate of drug-likeness (QED) is 0.151. The van der Waals surface area contributed by atoms with Crippen LogP contribution < -0.4 is 14.6 Å². The van der Waals surface area contributed by atoms with Gasteiger partial charge < -0.3 is 34.6 Å². The summed E-state index contributed by atoms with van der Waals surface area (Å²) in [5.41, 5.74) is 1.31. The molecule has 6 N–H and O–H groups in total. The van der Waals surface area contributed by atoms with E-state index in [4.69, 9.17) is 14.0 Å². The Balaban J connectivity index is 1.53. The second-order valence-electron chi connectivity index (χ2n) is 8.19. The number of aliphatic hydroxyl groups is 3. The highest BCUT2D eigenvalue weighted by Crippen LogP contribution is 2.42. The molecule has 15 heteroatoms. The molecule has 1 aliphatic heterocycles. The van der Waals surface area contributed by atoms with Crippen molar-refractivity contribution in [3.63, 3.8) is 0 Å². The van der Waals surface area contributed by atoms with Gasteiger partial charge >= 0.3 is 7.82 Å². The van der Waals surface area contributed by atoms with Crippen LogP contribution in [0.5, 0.6) is 11.5 Å². The maximum absolute atomic E-state index is 11.4. The van der Waals surface area contributed by atoms with Crippen LogP contribution in [0.4, 0.5) is 5.82 Å². The Bertz CT molecular complexity index is 1240. The summed E-state index contributed by atoms with van der Waals surface area (Å²) in [6, 6.07) is 4.75. The van der Waals surface area contributed by atoms with E-state index in [9.17, 15) is 29.7 Å². The number of unbranched alkanes of at least 4 members (excludes halogenated alkanes) is 1. The van der Waals surface area contributed by atoms with Crippen LogP contribution in [0.25, 0.3) is 11.2 Å². The number of benzene rings is 1. The number of hydrogen-bond donors (Lipinski definition) is 6.